The molecule has 6 rings (SSSR count). The lowest BCUT2D eigenvalue weighted by molar-refractivity contribution is -0.121. The van der Waals surface area contributed by atoms with Gasteiger partial charge in [0.1, 0.15) is 10.6 Å². The molecule has 0 radical (unpaired) electrons. The molecule has 0 aliphatic carbocycles. The minimum atomic E-state index is -0.228. The summed E-state index contributed by atoms with van der Waals surface area (Å²) in [6.07, 6.45) is 4.41. The molecular weight excluding hydrogens is 494 g/mol. The molecule has 2 N–H and O–H groups in total. The fourth-order valence-electron chi connectivity index (χ4n) is 6.38. The summed E-state index contributed by atoms with van der Waals surface area (Å²) in [4.78, 5) is 32.7. The van der Waals surface area contributed by atoms with Gasteiger partial charge in [-0.3, -0.25) is 4.79 Å². The molecule has 2 atom stereocenters. The Labute approximate surface area is 229 Å². The Morgan fingerprint density at radius 2 is 1.76 bits per heavy atom. The third kappa shape index (κ3) is 5.11. The van der Waals surface area contributed by atoms with Crippen LogP contribution in [0.5, 0.6) is 0 Å². The van der Waals surface area contributed by atoms with E-state index in [1.165, 1.54) is 50.0 Å². The predicted molar refractivity (Wildman–Crippen MR) is 156 cm³/mol. The number of fused-ring (bicyclic) bond motifs is 1. The van der Waals surface area contributed by atoms with Gasteiger partial charge in [-0.25, -0.2) is 4.98 Å². The Morgan fingerprint density at radius 1 is 1.00 bits per heavy atom. The topological polar surface area (TPSA) is 81.8 Å². The lowest BCUT2D eigenvalue weighted by Crippen LogP contribution is -2.40. The maximum absolute atomic E-state index is 11.8. The van der Waals surface area contributed by atoms with Gasteiger partial charge in [-0.05, 0) is 57.8 Å². The summed E-state index contributed by atoms with van der Waals surface area (Å²) < 4.78 is 0. The van der Waals surface area contributed by atoms with Crippen molar-refractivity contribution in [1.29, 1.82) is 0 Å². The summed E-state index contributed by atoms with van der Waals surface area (Å²) in [6.45, 7) is 7.00. The third-order valence-electron chi connectivity index (χ3n) is 8.77. The molecule has 3 aliphatic rings. The lowest BCUT2D eigenvalue weighted by Gasteiger charge is -2.35. The summed E-state index contributed by atoms with van der Waals surface area (Å²) in [6, 6.07) is 11.3. The van der Waals surface area contributed by atoms with Gasteiger partial charge in [-0.15, -0.1) is 11.3 Å². The number of primary amides is 1. The van der Waals surface area contributed by atoms with E-state index in [1.807, 2.05) is 0 Å². The molecule has 0 saturated carbocycles. The zero-order valence-corrected chi connectivity index (χ0v) is 23.4. The second-order valence-electron chi connectivity index (χ2n) is 11.5. The highest BCUT2D eigenvalue weighted by Crippen LogP contribution is 2.41. The summed E-state index contributed by atoms with van der Waals surface area (Å²) in [7, 11) is 4.40. The van der Waals surface area contributed by atoms with Gasteiger partial charge in [0, 0.05) is 56.3 Å². The fraction of sp³-hybridized carbons (Fsp3) is 0.552. The van der Waals surface area contributed by atoms with Gasteiger partial charge < -0.3 is 25.3 Å². The van der Waals surface area contributed by atoms with E-state index in [9.17, 15) is 4.79 Å². The number of carbonyl (C=O) groups excluding carboxylic acids is 1. The summed E-state index contributed by atoms with van der Waals surface area (Å²) in [5.74, 6) is 2.14. The first kappa shape index (κ1) is 25.5. The standard InChI is InChI=1S/C29H39N7OS/c1-33(2)23-11-12-34(18-23)16-20-8-13-35(14-9-20)27-25-24(21-6-4-3-5-7-21)19-38-28(25)32-29(31-27)36-15-10-22(17-36)26(30)37/h3-7,19-20,22-23H,8-18H2,1-2H3,(H2,30,37)/t22?,23-/m1/s1. The molecule has 8 nitrogen and oxygen atoms in total. The molecule has 2 aromatic heterocycles. The Hall–Kier alpha value is -2.75. The number of rotatable bonds is 7. The molecule has 3 saturated heterocycles. The molecule has 5 heterocycles. The van der Waals surface area contributed by atoms with Crippen molar-refractivity contribution in [3.8, 4) is 11.1 Å². The van der Waals surface area contributed by atoms with E-state index < -0.39 is 0 Å². The van der Waals surface area contributed by atoms with Crippen LogP contribution in [0.15, 0.2) is 35.7 Å². The van der Waals surface area contributed by atoms with Crippen molar-refractivity contribution in [2.45, 2.75) is 31.7 Å². The number of hydrogen-bond acceptors (Lipinski definition) is 8. The van der Waals surface area contributed by atoms with Crippen LogP contribution in [0.4, 0.5) is 11.8 Å². The number of piperidine rings is 1. The molecule has 3 fully saturated rings. The van der Waals surface area contributed by atoms with Crippen molar-refractivity contribution in [3.05, 3.63) is 35.7 Å². The number of benzene rings is 1. The van der Waals surface area contributed by atoms with Gasteiger partial charge in [-0.1, -0.05) is 30.3 Å². The number of hydrogen-bond donors (Lipinski definition) is 1. The average molecular weight is 534 g/mol. The third-order valence-corrected chi connectivity index (χ3v) is 9.64. The zero-order valence-electron chi connectivity index (χ0n) is 22.6. The number of carbonyl (C=O) groups is 1. The first-order valence-electron chi connectivity index (χ1n) is 14.0. The number of thiophene rings is 1. The fourth-order valence-corrected chi connectivity index (χ4v) is 7.32. The van der Waals surface area contributed by atoms with E-state index in [1.54, 1.807) is 11.3 Å². The normalized spacial score (nSPS) is 23.2. The van der Waals surface area contributed by atoms with Crippen molar-refractivity contribution in [2.75, 3.05) is 69.7 Å². The smallest absolute Gasteiger partial charge is 0.228 e. The quantitative estimate of drug-likeness (QED) is 0.498. The minimum Gasteiger partial charge on any atom is -0.369 e. The molecule has 0 spiro atoms. The van der Waals surface area contributed by atoms with Crippen LogP contribution in [0.3, 0.4) is 0 Å². The SMILES string of the molecule is CN(C)[C@@H]1CCN(CC2CCN(c3nc(N4CCC(C(N)=O)C4)nc4scc(-c5ccccc5)c34)CC2)C1. The molecule has 38 heavy (non-hydrogen) atoms. The summed E-state index contributed by atoms with van der Waals surface area (Å²) in [5.41, 5.74) is 8.02. The van der Waals surface area contributed by atoms with E-state index in [0.717, 1.165) is 54.0 Å². The van der Waals surface area contributed by atoms with Crippen molar-refractivity contribution in [3.63, 3.8) is 0 Å². The highest BCUT2D eigenvalue weighted by molar-refractivity contribution is 7.17. The Kier molecular flexibility index (Phi) is 7.24. The highest BCUT2D eigenvalue weighted by Gasteiger charge is 2.32. The number of anilines is 2. The first-order valence-corrected chi connectivity index (χ1v) is 14.9. The van der Waals surface area contributed by atoms with Crippen LogP contribution >= 0.6 is 11.3 Å². The van der Waals surface area contributed by atoms with Gasteiger partial charge in [0.2, 0.25) is 11.9 Å². The van der Waals surface area contributed by atoms with Crippen LogP contribution in [0.25, 0.3) is 21.3 Å². The van der Waals surface area contributed by atoms with Crippen molar-refractivity contribution in [1.82, 2.24) is 19.8 Å². The number of amides is 1. The van der Waals surface area contributed by atoms with Crippen LogP contribution in [-0.2, 0) is 4.79 Å². The molecule has 1 amide bonds. The lowest BCUT2D eigenvalue weighted by atomic mass is 9.96. The Bertz CT molecular complexity index is 1270. The molecule has 3 aliphatic heterocycles. The molecule has 9 heteroatoms. The van der Waals surface area contributed by atoms with E-state index in [2.05, 4.69) is 69.4 Å². The molecule has 0 bridgehead atoms. The van der Waals surface area contributed by atoms with Crippen LogP contribution in [-0.4, -0.2) is 91.6 Å². The van der Waals surface area contributed by atoms with Crippen LogP contribution in [0.2, 0.25) is 0 Å². The van der Waals surface area contributed by atoms with Crippen LogP contribution in [0, 0.1) is 11.8 Å². The van der Waals surface area contributed by atoms with Gasteiger partial charge in [0.15, 0.2) is 0 Å². The van der Waals surface area contributed by atoms with Crippen LogP contribution in [0.1, 0.15) is 25.7 Å². The number of likely N-dealkylation sites (N-methyl/N-ethyl adjacent to an activating group) is 1. The monoisotopic (exact) mass is 533 g/mol. The molecule has 1 unspecified atom stereocenters. The predicted octanol–water partition coefficient (Wildman–Crippen LogP) is 3.52. The molecule has 202 valence electrons. The largest absolute Gasteiger partial charge is 0.369 e. The second kappa shape index (κ2) is 10.8. The van der Waals surface area contributed by atoms with E-state index >= 15 is 0 Å². The van der Waals surface area contributed by atoms with E-state index in [0.29, 0.717) is 12.6 Å². The average Bonchev–Trinajstić information content (AvgIpc) is 3.69. The number of aromatic nitrogens is 2. The highest BCUT2D eigenvalue weighted by atomic mass is 32.1. The number of likely N-dealkylation sites (tertiary alicyclic amines) is 1. The Balaban J connectivity index is 1.25. The molecular formula is C29H39N7OS. The van der Waals surface area contributed by atoms with Crippen molar-refractivity contribution < 1.29 is 4.79 Å². The molecule has 3 aromatic rings. The number of nitrogens with zero attached hydrogens (tertiary/aromatic N) is 6. The minimum absolute atomic E-state index is 0.130. The summed E-state index contributed by atoms with van der Waals surface area (Å²) in [5, 5.41) is 3.38. The summed E-state index contributed by atoms with van der Waals surface area (Å²) >= 11 is 1.68. The van der Waals surface area contributed by atoms with E-state index in [-0.39, 0.29) is 11.8 Å². The molecule has 1 aromatic carbocycles. The van der Waals surface area contributed by atoms with Gasteiger partial charge >= 0.3 is 0 Å². The van der Waals surface area contributed by atoms with Gasteiger partial charge in [0.05, 0.1) is 11.3 Å². The van der Waals surface area contributed by atoms with Crippen LogP contribution < -0.4 is 15.5 Å². The van der Waals surface area contributed by atoms with Crippen molar-refractivity contribution >= 4 is 39.2 Å². The zero-order chi connectivity index (χ0) is 26.2. The first-order chi connectivity index (χ1) is 18.5. The number of nitrogens with two attached hydrogens (primary N) is 1. The second-order valence-corrected chi connectivity index (χ2v) is 12.3. The van der Waals surface area contributed by atoms with Gasteiger partial charge in [0.25, 0.3) is 0 Å². The Morgan fingerprint density at radius 3 is 2.45 bits per heavy atom. The van der Waals surface area contributed by atoms with Crippen molar-refractivity contribution in [2.24, 2.45) is 17.6 Å². The van der Waals surface area contributed by atoms with Gasteiger partial charge in [-0.2, -0.15) is 4.98 Å². The maximum atomic E-state index is 11.8. The maximum Gasteiger partial charge on any atom is 0.228 e. The van der Waals surface area contributed by atoms with E-state index in [4.69, 9.17) is 15.7 Å².